The van der Waals surface area contributed by atoms with Crippen LogP contribution in [0.25, 0.3) is 0 Å². The van der Waals surface area contributed by atoms with Crippen molar-refractivity contribution >= 4 is 34.8 Å². The van der Waals surface area contributed by atoms with Crippen molar-refractivity contribution in [2.45, 2.75) is 58.6 Å². The highest BCUT2D eigenvalue weighted by Crippen LogP contribution is 2.41. The van der Waals surface area contributed by atoms with Gasteiger partial charge in [-0.1, -0.05) is 28.4 Å². The third kappa shape index (κ3) is 2.48. The Balaban J connectivity index is 1.77. The fourth-order valence-corrected chi connectivity index (χ4v) is 5.03. The minimum Gasteiger partial charge on any atom is -0.391 e. The number of carbonyl (C=O) groups excluding carboxylic acids is 1. The number of piperidine rings is 2. The van der Waals surface area contributed by atoms with E-state index in [0.717, 1.165) is 48.1 Å². The molecule has 0 aromatic heterocycles. The SMILES string of the molecule is Cc1c(Cl)c(C)c(C2=NO[C@H]3C[C@@H]4CCCCN4C(=O)[C@@H]23)c(C)c1Cl. The van der Waals surface area contributed by atoms with Crippen molar-refractivity contribution in [3.8, 4) is 0 Å². The summed E-state index contributed by atoms with van der Waals surface area (Å²) in [6.45, 7) is 6.67. The maximum Gasteiger partial charge on any atom is 0.236 e. The van der Waals surface area contributed by atoms with Gasteiger partial charge in [0.25, 0.3) is 0 Å². The number of fused-ring (bicyclic) bond motifs is 2. The van der Waals surface area contributed by atoms with Gasteiger partial charge in [-0.25, -0.2) is 0 Å². The highest BCUT2D eigenvalue weighted by molar-refractivity contribution is 6.38. The van der Waals surface area contributed by atoms with Gasteiger partial charge in [0.1, 0.15) is 17.7 Å². The van der Waals surface area contributed by atoms with Gasteiger partial charge in [0.15, 0.2) is 0 Å². The van der Waals surface area contributed by atoms with Gasteiger partial charge in [0, 0.05) is 34.6 Å². The fourth-order valence-electron chi connectivity index (χ4n) is 4.60. The molecule has 2 fully saturated rings. The van der Waals surface area contributed by atoms with Crippen LogP contribution in [-0.4, -0.2) is 35.2 Å². The summed E-state index contributed by atoms with van der Waals surface area (Å²) in [4.78, 5) is 20.9. The number of amides is 1. The summed E-state index contributed by atoms with van der Waals surface area (Å²) in [6.07, 6.45) is 4.01. The first-order valence-corrected chi connectivity index (χ1v) is 9.66. The lowest BCUT2D eigenvalue weighted by atomic mass is 9.79. The molecule has 2 saturated heterocycles. The van der Waals surface area contributed by atoms with Gasteiger partial charge in [-0.2, -0.15) is 0 Å². The fraction of sp³-hybridized carbons (Fsp3) is 0.579. The maximum absolute atomic E-state index is 13.2. The normalized spacial score (nSPS) is 28.4. The first-order valence-electron chi connectivity index (χ1n) is 8.91. The van der Waals surface area contributed by atoms with Crippen LogP contribution in [0.2, 0.25) is 10.0 Å². The molecule has 3 aliphatic heterocycles. The van der Waals surface area contributed by atoms with Crippen molar-refractivity contribution < 1.29 is 9.63 Å². The van der Waals surface area contributed by atoms with Gasteiger partial charge >= 0.3 is 0 Å². The lowest BCUT2D eigenvalue weighted by Crippen LogP contribution is -2.56. The van der Waals surface area contributed by atoms with Crippen LogP contribution in [0, 0.1) is 26.7 Å². The smallest absolute Gasteiger partial charge is 0.236 e. The molecule has 0 bridgehead atoms. The number of oxime groups is 1. The largest absolute Gasteiger partial charge is 0.391 e. The predicted molar refractivity (Wildman–Crippen MR) is 99.5 cm³/mol. The van der Waals surface area contributed by atoms with Crippen molar-refractivity contribution in [3.05, 3.63) is 32.3 Å². The van der Waals surface area contributed by atoms with Crippen LogP contribution >= 0.6 is 23.2 Å². The zero-order valence-corrected chi connectivity index (χ0v) is 16.2. The molecule has 25 heavy (non-hydrogen) atoms. The summed E-state index contributed by atoms with van der Waals surface area (Å²) >= 11 is 13.0. The van der Waals surface area contributed by atoms with Crippen LogP contribution < -0.4 is 0 Å². The Morgan fingerprint density at radius 2 is 1.76 bits per heavy atom. The minimum absolute atomic E-state index is 0.142. The first kappa shape index (κ1) is 17.2. The molecule has 3 atom stereocenters. The summed E-state index contributed by atoms with van der Waals surface area (Å²) in [5.41, 5.74) is 4.26. The van der Waals surface area contributed by atoms with E-state index in [1.165, 1.54) is 6.42 Å². The second-order valence-electron chi connectivity index (χ2n) is 7.39. The topological polar surface area (TPSA) is 41.9 Å². The molecule has 0 radical (unpaired) electrons. The van der Waals surface area contributed by atoms with Crippen molar-refractivity contribution in [3.63, 3.8) is 0 Å². The standard InChI is InChI=1S/C19H22Cl2N2O2/c1-9-14(10(2)17(21)11(3)16(9)20)18-15-13(25-22-18)8-12-6-4-5-7-23(12)19(15)24/h12-13,15H,4-8H2,1-3H3/t12-,13-,15+/m0/s1. The first-order chi connectivity index (χ1) is 11.9. The molecule has 0 spiro atoms. The van der Waals surface area contributed by atoms with Crippen LogP contribution in [0.5, 0.6) is 0 Å². The molecule has 3 aliphatic rings. The van der Waals surface area contributed by atoms with Crippen molar-refractivity contribution in [1.82, 2.24) is 4.90 Å². The molecule has 4 nitrogen and oxygen atoms in total. The van der Waals surface area contributed by atoms with E-state index in [4.69, 9.17) is 28.0 Å². The van der Waals surface area contributed by atoms with Gasteiger partial charge in [0.05, 0.1) is 0 Å². The van der Waals surface area contributed by atoms with Gasteiger partial charge in [-0.3, -0.25) is 4.79 Å². The van der Waals surface area contributed by atoms with E-state index in [1.807, 2.05) is 25.7 Å². The highest BCUT2D eigenvalue weighted by Gasteiger charge is 2.50. The van der Waals surface area contributed by atoms with Crippen molar-refractivity contribution in [2.24, 2.45) is 11.1 Å². The predicted octanol–water partition coefficient (Wildman–Crippen LogP) is 4.42. The Labute approximate surface area is 158 Å². The van der Waals surface area contributed by atoms with Crippen LogP contribution in [0.3, 0.4) is 0 Å². The summed E-state index contributed by atoms with van der Waals surface area (Å²) < 4.78 is 0. The molecule has 1 aromatic carbocycles. The summed E-state index contributed by atoms with van der Waals surface area (Å²) in [7, 11) is 0. The molecule has 1 aromatic rings. The molecule has 0 aliphatic carbocycles. The third-order valence-corrected chi connectivity index (χ3v) is 7.09. The quantitative estimate of drug-likeness (QED) is 0.723. The molecule has 134 valence electrons. The second-order valence-corrected chi connectivity index (χ2v) is 8.15. The monoisotopic (exact) mass is 380 g/mol. The average molecular weight is 381 g/mol. The van der Waals surface area contributed by atoms with Gasteiger partial charge in [0.2, 0.25) is 5.91 Å². The van der Waals surface area contributed by atoms with Gasteiger partial charge in [-0.05, 0) is 56.7 Å². The zero-order valence-electron chi connectivity index (χ0n) is 14.7. The molecule has 3 heterocycles. The number of hydrogen-bond donors (Lipinski definition) is 0. The van der Waals surface area contributed by atoms with Crippen LogP contribution in [0.4, 0.5) is 0 Å². The van der Waals surface area contributed by atoms with E-state index in [1.54, 1.807) is 0 Å². The number of carbonyl (C=O) groups is 1. The number of benzene rings is 1. The molecule has 0 saturated carbocycles. The minimum atomic E-state index is -0.346. The summed E-state index contributed by atoms with van der Waals surface area (Å²) in [6, 6.07) is 0.296. The lowest BCUT2D eigenvalue weighted by molar-refractivity contribution is -0.147. The third-order valence-electron chi connectivity index (χ3n) is 5.96. The Bertz CT molecular complexity index is 761. The van der Waals surface area contributed by atoms with E-state index < -0.39 is 0 Å². The maximum atomic E-state index is 13.2. The molecule has 0 N–H and O–H groups in total. The Morgan fingerprint density at radius 1 is 1.08 bits per heavy atom. The summed E-state index contributed by atoms with van der Waals surface area (Å²) in [5, 5.41) is 5.61. The van der Waals surface area contributed by atoms with Crippen molar-refractivity contribution in [1.29, 1.82) is 0 Å². The van der Waals surface area contributed by atoms with E-state index in [9.17, 15) is 4.79 Å². The highest BCUT2D eigenvalue weighted by atomic mass is 35.5. The number of hydrogen-bond acceptors (Lipinski definition) is 3. The molecule has 6 heteroatoms. The second kappa shape index (κ2) is 6.17. The Kier molecular flexibility index (Phi) is 4.24. The van der Waals surface area contributed by atoms with Gasteiger partial charge in [-0.15, -0.1) is 0 Å². The number of rotatable bonds is 1. The molecule has 0 unspecified atom stereocenters. The Morgan fingerprint density at radius 3 is 2.44 bits per heavy atom. The van der Waals surface area contributed by atoms with Crippen molar-refractivity contribution in [2.75, 3.05) is 6.54 Å². The number of halogens is 2. The van der Waals surface area contributed by atoms with Gasteiger partial charge < -0.3 is 9.74 Å². The van der Waals surface area contributed by atoms with E-state index >= 15 is 0 Å². The van der Waals surface area contributed by atoms with E-state index in [0.29, 0.717) is 21.8 Å². The van der Waals surface area contributed by atoms with Crippen LogP contribution in [-0.2, 0) is 9.63 Å². The average Bonchev–Trinajstić information content (AvgIpc) is 3.02. The lowest BCUT2D eigenvalue weighted by Gasteiger charge is -2.43. The summed E-state index contributed by atoms with van der Waals surface area (Å²) in [5.74, 6) is -0.203. The molecule has 4 rings (SSSR count). The van der Waals surface area contributed by atoms with E-state index in [2.05, 4.69) is 5.16 Å². The molecule has 1 amide bonds. The van der Waals surface area contributed by atoms with Crippen LogP contribution in [0.1, 0.15) is 47.9 Å². The Hall–Kier alpha value is -1.26. The molecular formula is C19H22Cl2N2O2. The van der Waals surface area contributed by atoms with E-state index in [-0.39, 0.29) is 17.9 Å². The number of nitrogens with zero attached hydrogens (tertiary/aromatic N) is 2. The zero-order chi connectivity index (χ0) is 17.9. The van der Waals surface area contributed by atoms with Crippen LogP contribution in [0.15, 0.2) is 5.16 Å². The molecular weight excluding hydrogens is 359 g/mol.